The van der Waals surface area contributed by atoms with Crippen molar-refractivity contribution in [1.82, 2.24) is 20.3 Å². The minimum Gasteiger partial charge on any atom is -0.391 e. The van der Waals surface area contributed by atoms with E-state index < -0.39 is 6.10 Å². The molecule has 0 aliphatic rings. The molecular formula is C14H20N4O2. The fraction of sp³-hybridized carbons (Fsp3) is 0.500. The molecule has 1 amide bonds. The maximum absolute atomic E-state index is 12.0. The van der Waals surface area contributed by atoms with Gasteiger partial charge in [-0.3, -0.25) is 4.79 Å². The first-order valence-electron chi connectivity index (χ1n) is 6.55. The van der Waals surface area contributed by atoms with Crippen LogP contribution in [0.5, 0.6) is 0 Å². The summed E-state index contributed by atoms with van der Waals surface area (Å²) < 4.78 is 1.65. The fourth-order valence-electron chi connectivity index (χ4n) is 1.78. The first kappa shape index (κ1) is 14.5. The number of amides is 1. The van der Waals surface area contributed by atoms with Crippen LogP contribution in [-0.4, -0.2) is 38.7 Å². The third kappa shape index (κ3) is 2.96. The van der Waals surface area contributed by atoms with Gasteiger partial charge in [0.1, 0.15) is 5.52 Å². The third-order valence-electron chi connectivity index (χ3n) is 3.33. The Morgan fingerprint density at radius 3 is 2.80 bits per heavy atom. The lowest BCUT2D eigenvalue weighted by Crippen LogP contribution is -2.39. The summed E-state index contributed by atoms with van der Waals surface area (Å²) in [6, 6.07) is 5.23. The van der Waals surface area contributed by atoms with Crippen molar-refractivity contribution in [2.75, 3.05) is 6.54 Å². The maximum atomic E-state index is 12.0. The van der Waals surface area contributed by atoms with Crippen molar-refractivity contribution in [3.63, 3.8) is 0 Å². The topological polar surface area (TPSA) is 80.0 Å². The van der Waals surface area contributed by atoms with Crippen LogP contribution >= 0.6 is 0 Å². The smallest absolute Gasteiger partial charge is 0.251 e. The molecule has 0 radical (unpaired) electrons. The van der Waals surface area contributed by atoms with Gasteiger partial charge in [-0.15, -0.1) is 5.10 Å². The first-order valence-corrected chi connectivity index (χ1v) is 6.55. The van der Waals surface area contributed by atoms with Crippen LogP contribution in [0, 0.1) is 5.41 Å². The van der Waals surface area contributed by atoms with E-state index in [2.05, 4.69) is 15.6 Å². The second-order valence-corrected chi connectivity index (χ2v) is 6.01. The van der Waals surface area contributed by atoms with E-state index in [4.69, 9.17) is 0 Å². The number of nitrogens with one attached hydrogen (secondary N) is 1. The van der Waals surface area contributed by atoms with Gasteiger partial charge in [0.25, 0.3) is 5.91 Å². The van der Waals surface area contributed by atoms with Gasteiger partial charge in [0, 0.05) is 19.2 Å². The Balaban J connectivity index is 2.08. The van der Waals surface area contributed by atoms with E-state index in [1.807, 2.05) is 26.8 Å². The molecule has 0 fully saturated rings. The molecule has 0 aliphatic carbocycles. The van der Waals surface area contributed by atoms with Crippen molar-refractivity contribution in [2.45, 2.75) is 26.9 Å². The highest BCUT2D eigenvalue weighted by Gasteiger charge is 2.22. The summed E-state index contributed by atoms with van der Waals surface area (Å²) in [7, 11) is 1.80. The number of carbonyl (C=O) groups is 1. The molecule has 1 aromatic heterocycles. The fourth-order valence-corrected chi connectivity index (χ4v) is 1.78. The molecule has 2 aromatic rings. The molecule has 0 spiro atoms. The molecule has 0 bridgehead atoms. The number of aliphatic hydroxyl groups excluding tert-OH is 1. The van der Waals surface area contributed by atoms with Crippen molar-refractivity contribution >= 4 is 16.9 Å². The molecule has 2 rings (SSSR count). The van der Waals surface area contributed by atoms with Crippen LogP contribution in [0.2, 0.25) is 0 Å². The number of aliphatic hydroxyl groups is 1. The van der Waals surface area contributed by atoms with Gasteiger partial charge in [-0.25, -0.2) is 4.68 Å². The average molecular weight is 276 g/mol. The zero-order chi connectivity index (χ0) is 14.9. The second kappa shape index (κ2) is 5.20. The molecule has 20 heavy (non-hydrogen) atoms. The van der Waals surface area contributed by atoms with Crippen LogP contribution in [0.1, 0.15) is 31.1 Å². The minimum atomic E-state index is -0.591. The highest BCUT2D eigenvalue weighted by atomic mass is 16.3. The summed E-state index contributed by atoms with van der Waals surface area (Å²) in [5.74, 6) is -0.221. The number of hydrogen-bond acceptors (Lipinski definition) is 4. The van der Waals surface area contributed by atoms with Crippen LogP contribution in [0.25, 0.3) is 11.0 Å². The lowest BCUT2D eigenvalue weighted by atomic mass is 9.89. The summed E-state index contributed by atoms with van der Waals surface area (Å²) in [4.78, 5) is 12.0. The van der Waals surface area contributed by atoms with Gasteiger partial charge < -0.3 is 10.4 Å². The average Bonchev–Trinajstić information content (AvgIpc) is 2.75. The number of nitrogens with zero attached hydrogens (tertiary/aromatic N) is 3. The maximum Gasteiger partial charge on any atom is 0.251 e. The van der Waals surface area contributed by atoms with E-state index in [1.165, 1.54) is 0 Å². The number of rotatable bonds is 3. The van der Waals surface area contributed by atoms with Crippen LogP contribution in [0.15, 0.2) is 18.2 Å². The summed E-state index contributed by atoms with van der Waals surface area (Å²) in [5, 5.41) is 20.5. The van der Waals surface area contributed by atoms with E-state index >= 15 is 0 Å². The van der Waals surface area contributed by atoms with E-state index in [9.17, 15) is 9.90 Å². The van der Waals surface area contributed by atoms with Gasteiger partial charge in [-0.2, -0.15) is 0 Å². The lowest BCUT2D eigenvalue weighted by molar-refractivity contribution is 0.0587. The summed E-state index contributed by atoms with van der Waals surface area (Å²) in [6.07, 6.45) is -0.591. The monoisotopic (exact) mass is 276 g/mol. The standard InChI is InChI=1S/C14H20N4O2/c1-14(2,3)12(19)8-15-13(20)9-5-6-11-10(7-9)16-17-18(11)4/h5-7,12,19H,8H2,1-4H3,(H,15,20). The lowest BCUT2D eigenvalue weighted by Gasteiger charge is -2.25. The first-order chi connectivity index (χ1) is 9.29. The quantitative estimate of drug-likeness (QED) is 0.880. The number of hydrogen-bond donors (Lipinski definition) is 2. The SMILES string of the molecule is Cn1nnc2cc(C(=O)NCC(O)C(C)(C)C)ccc21. The molecule has 6 heteroatoms. The van der Waals surface area contributed by atoms with Crippen LogP contribution in [0.4, 0.5) is 0 Å². The molecule has 0 aliphatic heterocycles. The Kier molecular flexibility index (Phi) is 3.76. The molecular weight excluding hydrogens is 256 g/mol. The van der Waals surface area contributed by atoms with Crippen molar-refractivity contribution < 1.29 is 9.90 Å². The van der Waals surface area contributed by atoms with Crippen LogP contribution in [-0.2, 0) is 7.05 Å². The van der Waals surface area contributed by atoms with Crippen molar-refractivity contribution in [1.29, 1.82) is 0 Å². The predicted molar refractivity (Wildman–Crippen MR) is 76.3 cm³/mol. The van der Waals surface area contributed by atoms with Gasteiger partial charge in [-0.05, 0) is 23.6 Å². The molecule has 1 heterocycles. The Morgan fingerprint density at radius 2 is 2.15 bits per heavy atom. The largest absolute Gasteiger partial charge is 0.391 e. The zero-order valence-corrected chi connectivity index (χ0v) is 12.2. The van der Waals surface area contributed by atoms with E-state index in [-0.39, 0.29) is 17.9 Å². The number of fused-ring (bicyclic) bond motifs is 1. The molecule has 1 unspecified atom stereocenters. The number of carbonyl (C=O) groups excluding carboxylic acids is 1. The van der Waals surface area contributed by atoms with Crippen molar-refractivity contribution in [2.24, 2.45) is 12.5 Å². The molecule has 0 saturated heterocycles. The number of benzene rings is 1. The highest BCUT2D eigenvalue weighted by molar-refractivity contribution is 5.97. The molecule has 0 saturated carbocycles. The van der Waals surface area contributed by atoms with Crippen LogP contribution in [0.3, 0.4) is 0 Å². The normalized spacial score (nSPS) is 13.4. The van der Waals surface area contributed by atoms with Crippen molar-refractivity contribution in [3.8, 4) is 0 Å². The Morgan fingerprint density at radius 1 is 1.45 bits per heavy atom. The Labute approximate surface area is 117 Å². The van der Waals surface area contributed by atoms with Gasteiger partial charge >= 0.3 is 0 Å². The minimum absolute atomic E-state index is 0.221. The van der Waals surface area contributed by atoms with E-state index in [1.54, 1.807) is 23.9 Å². The van der Waals surface area contributed by atoms with Gasteiger partial charge in [-0.1, -0.05) is 26.0 Å². The molecule has 2 N–H and O–H groups in total. The van der Waals surface area contributed by atoms with Gasteiger partial charge in [0.15, 0.2) is 0 Å². The van der Waals surface area contributed by atoms with E-state index in [0.29, 0.717) is 11.1 Å². The Bertz CT molecular complexity index is 628. The summed E-state index contributed by atoms with van der Waals surface area (Å²) >= 11 is 0. The van der Waals surface area contributed by atoms with Gasteiger partial charge in [0.05, 0.1) is 11.6 Å². The van der Waals surface area contributed by atoms with Gasteiger partial charge in [0.2, 0.25) is 0 Å². The van der Waals surface area contributed by atoms with Crippen molar-refractivity contribution in [3.05, 3.63) is 23.8 Å². The third-order valence-corrected chi connectivity index (χ3v) is 3.33. The summed E-state index contributed by atoms with van der Waals surface area (Å²) in [5.41, 5.74) is 1.80. The van der Waals surface area contributed by atoms with E-state index in [0.717, 1.165) is 5.52 Å². The zero-order valence-electron chi connectivity index (χ0n) is 12.2. The molecule has 108 valence electrons. The van der Waals surface area contributed by atoms with Crippen LogP contribution < -0.4 is 5.32 Å². The number of aryl methyl sites for hydroxylation is 1. The molecule has 6 nitrogen and oxygen atoms in total. The second-order valence-electron chi connectivity index (χ2n) is 6.01. The number of aromatic nitrogens is 3. The summed E-state index contributed by atoms with van der Waals surface area (Å²) in [6.45, 7) is 6.00. The predicted octanol–water partition coefficient (Wildman–Crippen LogP) is 1.11. The highest BCUT2D eigenvalue weighted by Crippen LogP contribution is 2.18. The molecule has 1 aromatic carbocycles. The Hall–Kier alpha value is -1.95. The molecule has 1 atom stereocenters.